The minimum Gasteiger partial charge on any atom is -0.497 e. The van der Waals surface area contributed by atoms with Crippen molar-refractivity contribution in [2.24, 2.45) is 5.92 Å². The van der Waals surface area contributed by atoms with Gasteiger partial charge in [-0.15, -0.1) is 0 Å². The van der Waals surface area contributed by atoms with E-state index in [1.807, 2.05) is 30.3 Å². The van der Waals surface area contributed by atoms with E-state index in [1.165, 1.54) is 0 Å². The molecular weight excluding hydrogens is 214 g/mol. The molecule has 17 heavy (non-hydrogen) atoms. The molecule has 0 amide bonds. The van der Waals surface area contributed by atoms with Gasteiger partial charge in [0.15, 0.2) is 5.76 Å². The molecule has 0 aromatic heterocycles. The van der Waals surface area contributed by atoms with E-state index >= 15 is 0 Å². The van der Waals surface area contributed by atoms with Crippen molar-refractivity contribution in [1.82, 2.24) is 0 Å². The van der Waals surface area contributed by atoms with Crippen molar-refractivity contribution < 1.29 is 9.47 Å². The van der Waals surface area contributed by atoms with Crippen LogP contribution in [0, 0.1) is 17.2 Å². The third-order valence-corrected chi connectivity index (χ3v) is 2.89. The number of rotatable bonds is 2. The third kappa shape index (κ3) is 2.59. The Balaban J connectivity index is 2.18. The lowest BCUT2D eigenvalue weighted by atomic mass is 9.95. The number of hydrogen-bond acceptors (Lipinski definition) is 3. The molecule has 2 atom stereocenters. The van der Waals surface area contributed by atoms with E-state index in [0.717, 1.165) is 17.7 Å². The first-order valence-corrected chi connectivity index (χ1v) is 5.65. The van der Waals surface area contributed by atoms with Gasteiger partial charge in [-0.05, 0) is 36.1 Å². The molecule has 1 heterocycles. The Morgan fingerprint density at radius 3 is 2.65 bits per heavy atom. The van der Waals surface area contributed by atoms with Gasteiger partial charge in [-0.2, -0.15) is 5.26 Å². The maximum atomic E-state index is 8.89. The van der Waals surface area contributed by atoms with E-state index in [0.29, 0.717) is 11.7 Å². The van der Waals surface area contributed by atoms with Crippen molar-refractivity contribution in [3.8, 4) is 11.8 Å². The second kappa shape index (κ2) is 4.92. The van der Waals surface area contributed by atoms with Gasteiger partial charge in [0.05, 0.1) is 7.11 Å². The Bertz CT molecular complexity index is 456. The molecule has 88 valence electrons. The van der Waals surface area contributed by atoms with Crippen molar-refractivity contribution in [1.29, 1.82) is 5.26 Å². The molecule has 1 aromatic carbocycles. The van der Waals surface area contributed by atoms with Gasteiger partial charge < -0.3 is 9.47 Å². The fraction of sp³-hybridized carbons (Fsp3) is 0.357. The lowest BCUT2D eigenvalue weighted by Gasteiger charge is -2.25. The molecular formula is C14H15NO2. The zero-order valence-electron chi connectivity index (χ0n) is 10.0. The van der Waals surface area contributed by atoms with E-state index in [1.54, 1.807) is 7.11 Å². The number of ether oxygens (including phenoxy) is 2. The van der Waals surface area contributed by atoms with Gasteiger partial charge in [0.25, 0.3) is 0 Å². The van der Waals surface area contributed by atoms with Crippen molar-refractivity contribution in [3.05, 3.63) is 41.7 Å². The predicted octanol–water partition coefficient (Wildman–Crippen LogP) is 3.20. The summed E-state index contributed by atoms with van der Waals surface area (Å²) < 4.78 is 10.7. The molecule has 0 N–H and O–H groups in total. The van der Waals surface area contributed by atoms with E-state index in [9.17, 15) is 0 Å². The summed E-state index contributed by atoms with van der Waals surface area (Å²) in [4.78, 5) is 0. The monoisotopic (exact) mass is 229 g/mol. The van der Waals surface area contributed by atoms with E-state index in [2.05, 4.69) is 13.0 Å². The van der Waals surface area contributed by atoms with Gasteiger partial charge in [0.1, 0.15) is 17.9 Å². The largest absolute Gasteiger partial charge is 0.497 e. The molecule has 0 aliphatic carbocycles. The minimum atomic E-state index is -0.0319. The molecule has 3 nitrogen and oxygen atoms in total. The molecule has 0 bridgehead atoms. The molecule has 1 aromatic rings. The Hall–Kier alpha value is -1.95. The summed E-state index contributed by atoms with van der Waals surface area (Å²) >= 11 is 0. The quantitative estimate of drug-likeness (QED) is 0.782. The molecule has 0 unspecified atom stereocenters. The lowest BCUT2D eigenvalue weighted by molar-refractivity contribution is 0.0923. The van der Waals surface area contributed by atoms with E-state index in [-0.39, 0.29) is 6.10 Å². The molecule has 3 heteroatoms. The van der Waals surface area contributed by atoms with E-state index < -0.39 is 0 Å². The van der Waals surface area contributed by atoms with Gasteiger partial charge in [0, 0.05) is 0 Å². The number of hydrogen-bond donors (Lipinski definition) is 0. The van der Waals surface area contributed by atoms with Gasteiger partial charge in [-0.1, -0.05) is 19.1 Å². The number of benzene rings is 1. The summed E-state index contributed by atoms with van der Waals surface area (Å²) in [6, 6.07) is 9.86. The van der Waals surface area contributed by atoms with Crippen molar-refractivity contribution in [3.63, 3.8) is 0 Å². The zero-order valence-corrected chi connectivity index (χ0v) is 10.0. The van der Waals surface area contributed by atoms with Crippen LogP contribution < -0.4 is 4.74 Å². The summed E-state index contributed by atoms with van der Waals surface area (Å²) in [5.74, 6) is 1.61. The SMILES string of the molecule is COc1ccc([C@@H]2C[C@@H](C)C=C(C#N)O2)cc1. The molecule has 1 aliphatic rings. The smallest absolute Gasteiger partial charge is 0.193 e. The molecule has 0 saturated carbocycles. The maximum absolute atomic E-state index is 8.89. The molecule has 0 spiro atoms. The summed E-state index contributed by atoms with van der Waals surface area (Å²) in [6.45, 7) is 2.09. The second-order valence-corrected chi connectivity index (χ2v) is 4.24. The van der Waals surface area contributed by atoms with Crippen LogP contribution in [-0.2, 0) is 4.74 Å². The van der Waals surface area contributed by atoms with Gasteiger partial charge >= 0.3 is 0 Å². The average Bonchev–Trinajstić information content (AvgIpc) is 2.38. The number of nitriles is 1. The van der Waals surface area contributed by atoms with Crippen LogP contribution in [-0.4, -0.2) is 7.11 Å². The van der Waals surface area contributed by atoms with Crippen LogP contribution in [0.5, 0.6) is 5.75 Å². The van der Waals surface area contributed by atoms with Crippen molar-refractivity contribution >= 4 is 0 Å². The van der Waals surface area contributed by atoms with Crippen molar-refractivity contribution in [2.75, 3.05) is 7.11 Å². The third-order valence-electron chi connectivity index (χ3n) is 2.89. The zero-order chi connectivity index (χ0) is 12.3. The molecule has 0 saturated heterocycles. The number of methoxy groups -OCH3 is 1. The molecule has 0 radical (unpaired) electrons. The first-order chi connectivity index (χ1) is 8.22. The van der Waals surface area contributed by atoms with Crippen LogP contribution in [0.25, 0.3) is 0 Å². The lowest BCUT2D eigenvalue weighted by Crippen LogP contribution is -2.13. The fourth-order valence-electron chi connectivity index (χ4n) is 1.99. The minimum absolute atomic E-state index is 0.0319. The van der Waals surface area contributed by atoms with Gasteiger partial charge in [0.2, 0.25) is 0 Å². The molecule has 0 fully saturated rings. The van der Waals surface area contributed by atoms with Crippen LogP contribution in [0.1, 0.15) is 25.0 Å². The van der Waals surface area contributed by atoms with Crippen LogP contribution in [0.4, 0.5) is 0 Å². The van der Waals surface area contributed by atoms with Crippen LogP contribution in [0.15, 0.2) is 36.1 Å². The Kier molecular flexibility index (Phi) is 3.34. The van der Waals surface area contributed by atoms with Crippen LogP contribution in [0.3, 0.4) is 0 Å². The first-order valence-electron chi connectivity index (χ1n) is 5.65. The molecule has 2 rings (SSSR count). The second-order valence-electron chi connectivity index (χ2n) is 4.24. The summed E-state index contributed by atoms with van der Waals surface area (Å²) in [6.07, 6.45) is 2.74. The highest BCUT2D eigenvalue weighted by Crippen LogP contribution is 2.33. The van der Waals surface area contributed by atoms with Crippen LogP contribution >= 0.6 is 0 Å². The maximum Gasteiger partial charge on any atom is 0.193 e. The normalized spacial score (nSPS) is 23.2. The first kappa shape index (κ1) is 11.5. The highest BCUT2D eigenvalue weighted by Gasteiger charge is 2.22. The van der Waals surface area contributed by atoms with Crippen molar-refractivity contribution in [2.45, 2.75) is 19.4 Å². The van der Waals surface area contributed by atoms with Gasteiger partial charge in [-0.25, -0.2) is 0 Å². The predicted molar refractivity (Wildman–Crippen MR) is 64.3 cm³/mol. The Morgan fingerprint density at radius 1 is 1.35 bits per heavy atom. The summed E-state index contributed by atoms with van der Waals surface area (Å²) in [5, 5.41) is 8.89. The Morgan fingerprint density at radius 2 is 2.06 bits per heavy atom. The Labute approximate surface area is 101 Å². The standard InChI is InChI=1S/C14H15NO2/c1-10-7-13(9-15)17-14(8-10)11-3-5-12(16-2)6-4-11/h3-7,10,14H,8H2,1-2H3/t10-,14-/m0/s1. The summed E-state index contributed by atoms with van der Waals surface area (Å²) in [7, 11) is 1.64. The topological polar surface area (TPSA) is 42.2 Å². The van der Waals surface area contributed by atoms with Gasteiger partial charge in [-0.3, -0.25) is 0 Å². The number of allylic oxidation sites excluding steroid dienone is 2. The molecule has 1 aliphatic heterocycles. The van der Waals surface area contributed by atoms with E-state index in [4.69, 9.17) is 14.7 Å². The summed E-state index contributed by atoms with van der Waals surface area (Å²) in [5.41, 5.74) is 1.08. The average molecular weight is 229 g/mol. The number of nitrogens with zero attached hydrogens (tertiary/aromatic N) is 1. The van der Waals surface area contributed by atoms with Crippen LogP contribution in [0.2, 0.25) is 0 Å². The fourth-order valence-corrected chi connectivity index (χ4v) is 1.99. The highest BCUT2D eigenvalue weighted by molar-refractivity contribution is 5.30. The highest BCUT2D eigenvalue weighted by atomic mass is 16.5.